The van der Waals surface area contributed by atoms with Gasteiger partial charge in [-0.3, -0.25) is 0 Å². The molecule has 1 N–H and O–H groups in total. The van der Waals surface area contributed by atoms with Gasteiger partial charge in [0.05, 0.1) is 15.9 Å². The Balaban J connectivity index is 2.05. The summed E-state index contributed by atoms with van der Waals surface area (Å²) in [4.78, 5) is 3.14. The molecule has 0 bridgehead atoms. The third-order valence-corrected chi connectivity index (χ3v) is 3.96. The molecule has 1 aliphatic rings. The fraction of sp³-hybridized carbons (Fsp3) is 0.125. The van der Waals surface area contributed by atoms with E-state index in [1.165, 1.54) is 6.07 Å². The van der Waals surface area contributed by atoms with Gasteiger partial charge in [0.2, 0.25) is 5.71 Å². The molecule has 0 spiro atoms. The number of allylic oxidation sites excluding steroid dienone is 4. The number of fused-ring (bicyclic) bond motifs is 3. The number of halogens is 2. The predicted octanol–water partition coefficient (Wildman–Crippen LogP) is 5.44. The van der Waals surface area contributed by atoms with Gasteiger partial charge >= 0.3 is 0 Å². The molecule has 0 saturated carbocycles. The molecule has 2 nitrogen and oxygen atoms in total. The van der Waals surface area contributed by atoms with Crippen LogP contribution >= 0.6 is 11.6 Å². The lowest BCUT2D eigenvalue weighted by Gasteiger charge is -2.04. The standard InChI is InChI=1S/C16H11ClFNO/c17-12-7-14-10(6-13(12)18)15-11(8-20-16(15)19-14)9-4-2-1-3-5-9/h2,4-8,19H,1,3H2. The molecule has 0 unspecified atom stereocenters. The van der Waals surface area contributed by atoms with Gasteiger partial charge in [0.25, 0.3) is 0 Å². The number of hydrogen-bond acceptors (Lipinski definition) is 1. The molecule has 0 atom stereocenters. The largest absolute Gasteiger partial charge is 0.447 e. The molecule has 2 heterocycles. The second-order valence-electron chi connectivity index (χ2n) is 4.93. The van der Waals surface area contributed by atoms with Crippen LogP contribution in [0.5, 0.6) is 0 Å². The van der Waals surface area contributed by atoms with Crippen molar-refractivity contribution in [1.82, 2.24) is 4.98 Å². The predicted molar refractivity (Wildman–Crippen MR) is 79.4 cm³/mol. The minimum Gasteiger partial charge on any atom is -0.447 e. The number of H-pyrrole nitrogens is 1. The first-order valence-corrected chi connectivity index (χ1v) is 6.87. The minimum atomic E-state index is -0.416. The molecule has 0 saturated heterocycles. The summed E-state index contributed by atoms with van der Waals surface area (Å²) in [5.41, 5.74) is 3.54. The zero-order valence-corrected chi connectivity index (χ0v) is 11.3. The summed E-state index contributed by atoms with van der Waals surface area (Å²) in [6.45, 7) is 0. The molecular weight excluding hydrogens is 277 g/mol. The molecule has 1 aromatic carbocycles. The second kappa shape index (κ2) is 4.25. The summed E-state index contributed by atoms with van der Waals surface area (Å²) in [7, 11) is 0. The van der Waals surface area contributed by atoms with Crippen LogP contribution in [0.4, 0.5) is 4.39 Å². The molecule has 0 amide bonds. The summed E-state index contributed by atoms with van der Waals surface area (Å²) in [5, 5.41) is 1.82. The van der Waals surface area contributed by atoms with Crippen LogP contribution in [0.2, 0.25) is 5.02 Å². The van der Waals surface area contributed by atoms with Gasteiger partial charge in [-0.2, -0.15) is 0 Å². The fourth-order valence-electron chi connectivity index (χ4n) is 2.72. The number of furan rings is 1. The molecule has 2 aromatic heterocycles. The van der Waals surface area contributed by atoms with Crippen LogP contribution in [0.15, 0.2) is 41.0 Å². The number of nitrogens with one attached hydrogen (secondary N) is 1. The van der Waals surface area contributed by atoms with Crippen LogP contribution in [0.25, 0.3) is 27.6 Å². The Morgan fingerprint density at radius 3 is 2.95 bits per heavy atom. The summed E-state index contributed by atoms with van der Waals surface area (Å²) in [6, 6.07) is 3.05. The van der Waals surface area contributed by atoms with Crippen molar-refractivity contribution in [2.45, 2.75) is 12.8 Å². The zero-order valence-electron chi connectivity index (χ0n) is 10.5. The highest BCUT2D eigenvalue weighted by Crippen LogP contribution is 2.36. The van der Waals surface area contributed by atoms with Crippen LogP contribution in [0, 0.1) is 5.82 Å². The van der Waals surface area contributed by atoms with Crippen molar-refractivity contribution in [2.75, 3.05) is 0 Å². The maximum atomic E-state index is 13.7. The van der Waals surface area contributed by atoms with Crippen LogP contribution in [0.1, 0.15) is 18.4 Å². The van der Waals surface area contributed by atoms with Gasteiger partial charge < -0.3 is 9.40 Å². The van der Waals surface area contributed by atoms with E-state index in [4.69, 9.17) is 16.0 Å². The Morgan fingerprint density at radius 1 is 1.25 bits per heavy atom. The van der Waals surface area contributed by atoms with Gasteiger partial charge in [-0.25, -0.2) is 4.39 Å². The Bertz CT molecular complexity index is 885. The van der Waals surface area contributed by atoms with E-state index in [9.17, 15) is 4.39 Å². The lowest BCUT2D eigenvalue weighted by Crippen LogP contribution is -1.84. The fourth-order valence-corrected chi connectivity index (χ4v) is 2.89. The van der Waals surface area contributed by atoms with E-state index >= 15 is 0 Å². The first-order valence-electron chi connectivity index (χ1n) is 6.49. The van der Waals surface area contributed by atoms with Crippen molar-refractivity contribution >= 4 is 39.2 Å². The van der Waals surface area contributed by atoms with Crippen LogP contribution in [-0.2, 0) is 0 Å². The van der Waals surface area contributed by atoms with E-state index in [0.29, 0.717) is 5.71 Å². The van der Waals surface area contributed by atoms with Crippen molar-refractivity contribution in [3.05, 3.63) is 53.0 Å². The van der Waals surface area contributed by atoms with Crippen molar-refractivity contribution in [3.8, 4) is 0 Å². The van der Waals surface area contributed by atoms with E-state index in [0.717, 1.165) is 40.3 Å². The molecule has 0 aliphatic heterocycles. The second-order valence-corrected chi connectivity index (χ2v) is 5.34. The Morgan fingerprint density at radius 2 is 2.15 bits per heavy atom. The molecule has 3 aromatic rings. The third-order valence-electron chi connectivity index (χ3n) is 3.68. The van der Waals surface area contributed by atoms with Crippen LogP contribution in [-0.4, -0.2) is 4.98 Å². The van der Waals surface area contributed by atoms with E-state index in [2.05, 4.69) is 23.2 Å². The number of aromatic nitrogens is 1. The number of rotatable bonds is 1. The van der Waals surface area contributed by atoms with Gasteiger partial charge in [-0.1, -0.05) is 29.8 Å². The zero-order chi connectivity index (χ0) is 13.7. The van der Waals surface area contributed by atoms with E-state index in [1.54, 1.807) is 12.3 Å². The Labute approximate surface area is 119 Å². The van der Waals surface area contributed by atoms with Crippen LogP contribution < -0.4 is 0 Å². The van der Waals surface area contributed by atoms with Crippen molar-refractivity contribution in [3.63, 3.8) is 0 Å². The smallest absolute Gasteiger partial charge is 0.205 e. The maximum absolute atomic E-state index is 13.7. The normalized spacial score (nSPS) is 15.2. The van der Waals surface area contributed by atoms with E-state index in [1.807, 2.05) is 0 Å². The molecule has 0 fully saturated rings. The molecule has 1 aliphatic carbocycles. The molecule has 4 rings (SSSR count). The number of benzene rings is 1. The van der Waals surface area contributed by atoms with E-state index < -0.39 is 5.82 Å². The van der Waals surface area contributed by atoms with Gasteiger partial charge in [-0.05, 0) is 30.5 Å². The van der Waals surface area contributed by atoms with E-state index in [-0.39, 0.29) is 5.02 Å². The van der Waals surface area contributed by atoms with Crippen molar-refractivity contribution in [2.24, 2.45) is 0 Å². The highest BCUT2D eigenvalue weighted by molar-refractivity contribution is 6.31. The quantitative estimate of drug-likeness (QED) is 0.634. The van der Waals surface area contributed by atoms with Crippen molar-refractivity contribution in [1.29, 1.82) is 0 Å². The molecule has 20 heavy (non-hydrogen) atoms. The SMILES string of the molecule is Fc1cc2c(cc1Cl)[nH]c1occ(C3=CCCC=C3)c12. The summed E-state index contributed by atoms with van der Waals surface area (Å²) in [5.74, 6) is -0.416. The topological polar surface area (TPSA) is 28.9 Å². The lowest BCUT2D eigenvalue weighted by molar-refractivity contribution is 0.604. The maximum Gasteiger partial charge on any atom is 0.205 e. The first-order chi connectivity index (χ1) is 9.74. The first kappa shape index (κ1) is 11.8. The highest BCUT2D eigenvalue weighted by atomic mass is 35.5. The molecule has 0 radical (unpaired) electrons. The Kier molecular flexibility index (Phi) is 2.51. The van der Waals surface area contributed by atoms with Gasteiger partial charge in [-0.15, -0.1) is 0 Å². The molecular formula is C16H11ClFNO. The highest BCUT2D eigenvalue weighted by Gasteiger charge is 2.17. The Hall–Kier alpha value is -2.00. The summed E-state index contributed by atoms with van der Waals surface area (Å²) in [6.07, 6.45) is 10.2. The number of aromatic amines is 1. The minimum absolute atomic E-state index is 0.111. The third kappa shape index (κ3) is 1.63. The summed E-state index contributed by atoms with van der Waals surface area (Å²) < 4.78 is 19.3. The monoisotopic (exact) mass is 287 g/mol. The summed E-state index contributed by atoms with van der Waals surface area (Å²) >= 11 is 5.82. The average molecular weight is 288 g/mol. The van der Waals surface area contributed by atoms with Crippen LogP contribution in [0.3, 0.4) is 0 Å². The van der Waals surface area contributed by atoms with Gasteiger partial charge in [0, 0.05) is 10.9 Å². The average Bonchev–Trinajstić information content (AvgIpc) is 3.00. The molecule has 4 heteroatoms. The molecule has 100 valence electrons. The van der Waals surface area contributed by atoms with Gasteiger partial charge in [0.15, 0.2) is 0 Å². The lowest BCUT2D eigenvalue weighted by atomic mass is 9.99. The number of hydrogen-bond donors (Lipinski definition) is 1. The van der Waals surface area contributed by atoms with Crippen molar-refractivity contribution < 1.29 is 8.81 Å². The van der Waals surface area contributed by atoms with Gasteiger partial charge in [0.1, 0.15) is 12.1 Å².